The molecule has 36 heavy (non-hydrogen) atoms. The summed E-state index contributed by atoms with van der Waals surface area (Å²) in [6.07, 6.45) is 1.76. The fourth-order valence-corrected chi connectivity index (χ4v) is 4.76. The first-order valence-electron chi connectivity index (χ1n) is 12.1. The maximum absolute atomic E-state index is 13.9. The van der Waals surface area contributed by atoms with Crippen molar-refractivity contribution in [3.05, 3.63) is 98.5 Å². The van der Waals surface area contributed by atoms with Gasteiger partial charge in [-0.3, -0.25) is 14.2 Å². The minimum Gasteiger partial charge on any atom is -0.495 e. The van der Waals surface area contributed by atoms with Crippen LogP contribution < -0.4 is 10.3 Å². The van der Waals surface area contributed by atoms with Crippen molar-refractivity contribution in [1.29, 1.82) is 0 Å². The Morgan fingerprint density at radius 3 is 2.61 bits per heavy atom. The zero-order chi connectivity index (χ0) is 25.8. The van der Waals surface area contributed by atoms with Gasteiger partial charge in [0.25, 0.3) is 11.5 Å². The molecule has 6 nitrogen and oxygen atoms in total. The van der Waals surface area contributed by atoms with Crippen LogP contribution in [0.2, 0.25) is 0 Å². The number of unbranched alkanes of at least 4 members (excludes halogenated alkanes) is 1. The minimum absolute atomic E-state index is 0.109. The number of hydrogen-bond donors (Lipinski definition) is 0. The molecule has 0 saturated heterocycles. The first-order chi connectivity index (χ1) is 17.3. The number of amides is 1. The molecule has 0 spiro atoms. The number of benzene rings is 3. The number of fused-ring (bicyclic) bond motifs is 1. The Labute approximate surface area is 219 Å². The molecule has 0 bridgehead atoms. The van der Waals surface area contributed by atoms with Crippen LogP contribution in [0, 0.1) is 6.92 Å². The number of methoxy groups -OCH3 is 1. The number of nitrogens with zero attached hydrogens (tertiary/aromatic N) is 3. The van der Waals surface area contributed by atoms with Gasteiger partial charge in [-0.1, -0.05) is 53.5 Å². The van der Waals surface area contributed by atoms with Crippen LogP contribution in [0.25, 0.3) is 16.6 Å². The van der Waals surface area contributed by atoms with Crippen LogP contribution in [0.15, 0.2) is 76.0 Å². The van der Waals surface area contributed by atoms with Crippen molar-refractivity contribution in [3.8, 4) is 11.4 Å². The molecule has 186 valence electrons. The van der Waals surface area contributed by atoms with Gasteiger partial charge in [0.15, 0.2) is 0 Å². The fraction of sp³-hybridized carbons (Fsp3) is 0.276. The number of carbonyl (C=O) groups excluding carboxylic acids is 1. The fourth-order valence-electron chi connectivity index (χ4n) is 4.36. The third kappa shape index (κ3) is 5.07. The van der Waals surface area contributed by atoms with Gasteiger partial charge in [-0.2, -0.15) is 0 Å². The molecular formula is C29H30BrN3O3. The lowest BCUT2D eigenvalue weighted by Crippen LogP contribution is -2.38. The summed E-state index contributed by atoms with van der Waals surface area (Å²) in [5.74, 6) is 0.941. The number of aromatic nitrogens is 2. The monoisotopic (exact) mass is 547 g/mol. The Morgan fingerprint density at radius 1 is 1.11 bits per heavy atom. The Hall–Kier alpha value is -3.45. The van der Waals surface area contributed by atoms with Crippen LogP contribution in [-0.4, -0.2) is 34.0 Å². The van der Waals surface area contributed by atoms with E-state index in [1.807, 2.05) is 74.5 Å². The molecule has 1 amide bonds. The van der Waals surface area contributed by atoms with E-state index in [0.29, 0.717) is 40.3 Å². The normalized spacial score (nSPS) is 11.9. The van der Waals surface area contributed by atoms with Gasteiger partial charge in [-0.25, -0.2) is 4.98 Å². The van der Waals surface area contributed by atoms with Gasteiger partial charge in [0.05, 0.1) is 29.7 Å². The largest absolute Gasteiger partial charge is 0.495 e. The summed E-state index contributed by atoms with van der Waals surface area (Å²) in [7, 11) is 1.58. The van der Waals surface area contributed by atoms with E-state index in [0.717, 1.165) is 22.9 Å². The molecular weight excluding hydrogens is 518 g/mol. The molecule has 1 heterocycles. The van der Waals surface area contributed by atoms with E-state index in [-0.39, 0.29) is 11.5 Å². The van der Waals surface area contributed by atoms with Crippen molar-refractivity contribution in [3.63, 3.8) is 0 Å². The number of para-hydroxylation sites is 1. The van der Waals surface area contributed by atoms with E-state index in [1.54, 1.807) is 22.6 Å². The van der Waals surface area contributed by atoms with Gasteiger partial charge in [0, 0.05) is 16.6 Å². The Bertz CT molecular complexity index is 1460. The summed E-state index contributed by atoms with van der Waals surface area (Å²) in [5, 5.41) is 0.510. The summed E-state index contributed by atoms with van der Waals surface area (Å²) in [4.78, 5) is 34.4. The summed E-state index contributed by atoms with van der Waals surface area (Å²) < 4.78 is 8.08. The van der Waals surface area contributed by atoms with Gasteiger partial charge in [-0.05, 0) is 68.3 Å². The van der Waals surface area contributed by atoms with Crippen LogP contribution in [-0.2, 0) is 0 Å². The maximum Gasteiger partial charge on any atom is 0.266 e. The Morgan fingerprint density at radius 2 is 1.89 bits per heavy atom. The Balaban J connectivity index is 1.96. The zero-order valence-corrected chi connectivity index (χ0v) is 22.6. The van der Waals surface area contributed by atoms with Gasteiger partial charge >= 0.3 is 0 Å². The van der Waals surface area contributed by atoms with E-state index in [4.69, 9.17) is 9.72 Å². The molecule has 0 aliphatic carbocycles. The second-order valence-corrected chi connectivity index (χ2v) is 9.76. The van der Waals surface area contributed by atoms with Crippen molar-refractivity contribution in [1.82, 2.24) is 14.5 Å². The molecule has 1 aromatic heterocycles. The van der Waals surface area contributed by atoms with Crippen molar-refractivity contribution in [2.75, 3.05) is 13.7 Å². The van der Waals surface area contributed by atoms with Crippen LogP contribution in [0.4, 0.5) is 0 Å². The predicted octanol–water partition coefficient (Wildman–Crippen LogP) is 6.47. The van der Waals surface area contributed by atoms with Crippen LogP contribution in [0.3, 0.4) is 0 Å². The second kappa shape index (κ2) is 11.1. The van der Waals surface area contributed by atoms with E-state index >= 15 is 0 Å². The standard InChI is InChI=1S/C29H30BrN3O3/c1-5-6-16-32(28(34)21-10-9-11-22(30)18-21)20(3)27-31-24-13-8-7-12-23(24)29(35)33(27)25-17-19(2)14-15-26(25)36-4/h7-15,17-18,20H,5-6,16H2,1-4H3. The molecule has 0 saturated carbocycles. The van der Waals surface area contributed by atoms with Crippen molar-refractivity contribution in [2.24, 2.45) is 0 Å². The lowest BCUT2D eigenvalue weighted by atomic mass is 10.1. The van der Waals surface area contributed by atoms with Gasteiger partial charge in [0.1, 0.15) is 11.6 Å². The SMILES string of the molecule is CCCCN(C(=O)c1cccc(Br)c1)C(C)c1nc2ccccc2c(=O)n1-c1cc(C)ccc1OC. The highest BCUT2D eigenvalue weighted by Gasteiger charge is 2.28. The molecule has 3 aromatic carbocycles. The maximum atomic E-state index is 13.9. The Kier molecular flexibility index (Phi) is 7.89. The predicted molar refractivity (Wildman–Crippen MR) is 147 cm³/mol. The second-order valence-electron chi connectivity index (χ2n) is 8.84. The highest BCUT2D eigenvalue weighted by atomic mass is 79.9. The lowest BCUT2D eigenvalue weighted by molar-refractivity contribution is 0.0678. The molecule has 0 aliphatic rings. The van der Waals surface area contributed by atoms with Crippen molar-refractivity contribution in [2.45, 2.75) is 39.7 Å². The minimum atomic E-state index is -0.481. The summed E-state index contributed by atoms with van der Waals surface area (Å²) >= 11 is 3.47. The van der Waals surface area contributed by atoms with E-state index in [9.17, 15) is 9.59 Å². The summed E-state index contributed by atoms with van der Waals surface area (Å²) in [5.41, 5.74) is 2.56. The van der Waals surface area contributed by atoms with Crippen LogP contribution in [0.1, 0.15) is 54.5 Å². The summed E-state index contributed by atoms with van der Waals surface area (Å²) in [6.45, 7) is 6.53. The smallest absolute Gasteiger partial charge is 0.266 e. The van der Waals surface area contributed by atoms with Gasteiger partial charge in [0.2, 0.25) is 0 Å². The average Bonchev–Trinajstić information content (AvgIpc) is 2.88. The third-order valence-electron chi connectivity index (χ3n) is 6.30. The number of ether oxygens (including phenoxy) is 1. The summed E-state index contributed by atoms with van der Waals surface area (Å²) in [6, 6.07) is 19.9. The average molecular weight is 548 g/mol. The van der Waals surface area contributed by atoms with E-state index in [1.165, 1.54) is 0 Å². The molecule has 1 atom stereocenters. The van der Waals surface area contributed by atoms with Crippen LogP contribution >= 0.6 is 15.9 Å². The highest BCUT2D eigenvalue weighted by Crippen LogP contribution is 2.29. The topological polar surface area (TPSA) is 64.4 Å². The van der Waals surface area contributed by atoms with E-state index < -0.39 is 6.04 Å². The number of rotatable bonds is 8. The lowest BCUT2D eigenvalue weighted by Gasteiger charge is -2.31. The first-order valence-corrected chi connectivity index (χ1v) is 12.9. The third-order valence-corrected chi connectivity index (χ3v) is 6.80. The molecule has 0 fully saturated rings. The molecule has 7 heteroatoms. The molecule has 0 radical (unpaired) electrons. The quantitative estimate of drug-likeness (QED) is 0.253. The number of halogens is 1. The first kappa shape index (κ1) is 25.6. The zero-order valence-electron chi connectivity index (χ0n) is 21.0. The van der Waals surface area contributed by atoms with Gasteiger partial charge < -0.3 is 9.64 Å². The molecule has 4 rings (SSSR count). The van der Waals surface area contributed by atoms with E-state index in [2.05, 4.69) is 22.9 Å². The van der Waals surface area contributed by atoms with Crippen LogP contribution in [0.5, 0.6) is 5.75 Å². The number of carbonyl (C=O) groups is 1. The van der Waals surface area contributed by atoms with Gasteiger partial charge in [-0.15, -0.1) is 0 Å². The molecule has 1 unspecified atom stereocenters. The van der Waals surface area contributed by atoms with Crippen molar-refractivity contribution < 1.29 is 9.53 Å². The molecule has 4 aromatic rings. The highest BCUT2D eigenvalue weighted by molar-refractivity contribution is 9.10. The number of hydrogen-bond acceptors (Lipinski definition) is 4. The van der Waals surface area contributed by atoms with Crippen molar-refractivity contribution >= 4 is 32.7 Å². The molecule has 0 aliphatic heterocycles. The molecule has 0 N–H and O–H groups in total. The number of aryl methyl sites for hydroxylation is 1.